The Kier molecular flexibility index (Phi) is 4.91. The minimum absolute atomic E-state index is 0.0262. The van der Waals surface area contributed by atoms with Gasteiger partial charge in [0.1, 0.15) is 12.4 Å². The lowest BCUT2D eigenvalue weighted by Crippen LogP contribution is -2.09. The molecule has 0 aliphatic rings. The summed E-state index contributed by atoms with van der Waals surface area (Å²) in [6, 6.07) is 14.8. The molecule has 0 saturated heterocycles. The molecule has 0 heterocycles. The average molecular weight is 270 g/mol. The molecule has 20 heavy (non-hydrogen) atoms. The Morgan fingerprint density at radius 2 is 1.85 bits per heavy atom. The van der Waals surface area contributed by atoms with Crippen LogP contribution in [0.3, 0.4) is 0 Å². The van der Waals surface area contributed by atoms with Crippen LogP contribution < -0.4 is 4.74 Å². The van der Waals surface area contributed by atoms with Gasteiger partial charge in [0, 0.05) is 12.7 Å². The van der Waals surface area contributed by atoms with Crippen molar-refractivity contribution < 1.29 is 14.3 Å². The van der Waals surface area contributed by atoms with E-state index in [1.165, 1.54) is 0 Å². The molecule has 0 aromatic heterocycles. The maximum Gasteiger partial charge on any atom is 0.196 e. The van der Waals surface area contributed by atoms with Gasteiger partial charge in [-0.2, -0.15) is 0 Å². The van der Waals surface area contributed by atoms with E-state index in [-0.39, 0.29) is 5.78 Å². The number of benzene rings is 2. The molecule has 0 N–H and O–H groups in total. The van der Waals surface area contributed by atoms with Crippen LogP contribution in [0.25, 0.3) is 0 Å². The third kappa shape index (κ3) is 3.45. The lowest BCUT2D eigenvalue weighted by atomic mass is 10.0. The number of hydrogen-bond acceptors (Lipinski definition) is 3. The van der Waals surface area contributed by atoms with Gasteiger partial charge < -0.3 is 9.47 Å². The van der Waals surface area contributed by atoms with E-state index in [1.807, 2.05) is 43.3 Å². The van der Waals surface area contributed by atoms with Crippen molar-refractivity contribution in [3.8, 4) is 5.75 Å². The summed E-state index contributed by atoms with van der Waals surface area (Å²) in [6.07, 6.45) is 0. The second-order valence-corrected chi connectivity index (χ2v) is 4.54. The number of aryl methyl sites for hydroxylation is 1. The van der Waals surface area contributed by atoms with E-state index in [2.05, 4.69) is 0 Å². The maximum atomic E-state index is 12.5. The summed E-state index contributed by atoms with van der Waals surface area (Å²) in [5.41, 5.74) is 2.32. The van der Waals surface area contributed by atoms with Gasteiger partial charge >= 0.3 is 0 Å². The van der Waals surface area contributed by atoms with Crippen LogP contribution in [0.1, 0.15) is 21.5 Å². The van der Waals surface area contributed by atoms with Crippen molar-refractivity contribution in [2.24, 2.45) is 0 Å². The van der Waals surface area contributed by atoms with Crippen LogP contribution in [0.5, 0.6) is 5.75 Å². The largest absolute Gasteiger partial charge is 0.490 e. The fraction of sp³-hybridized carbons (Fsp3) is 0.235. The highest BCUT2D eigenvalue weighted by atomic mass is 16.5. The predicted octanol–water partition coefficient (Wildman–Crippen LogP) is 3.25. The van der Waals surface area contributed by atoms with Gasteiger partial charge in [-0.3, -0.25) is 4.79 Å². The van der Waals surface area contributed by atoms with Crippen molar-refractivity contribution in [2.75, 3.05) is 20.3 Å². The molecule has 0 amide bonds. The topological polar surface area (TPSA) is 35.5 Å². The van der Waals surface area contributed by atoms with Gasteiger partial charge in [-0.25, -0.2) is 0 Å². The van der Waals surface area contributed by atoms with Crippen LogP contribution in [0.4, 0.5) is 0 Å². The first-order valence-electron chi connectivity index (χ1n) is 6.54. The minimum Gasteiger partial charge on any atom is -0.490 e. The molecule has 0 aliphatic heterocycles. The third-order valence-corrected chi connectivity index (χ3v) is 2.96. The summed E-state index contributed by atoms with van der Waals surface area (Å²) < 4.78 is 10.6. The lowest BCUT2D eigenvalue weighted by molar-refractivity contribution is 0.103. The SMILES string of the molecule is COCCOc1ccccc1C(=O)c1cccc(C)c1. The zero-order valence-corrected chi connectivity index (χ0v) is 11.8. The van der Waals surface area contributed by atoms with E-state index in [1.54, 1.807) is 19.2 Å². The predicted molar refractivity (Wildman–Crippen MR) is 78.4 cm³/mol. The highest BCUT2D eigenvalue weighted by Crippen LogP contribution is 2.22. The molecule has 0 aliphatic carbocycles. The van der Waals surface area contributed by atoms with Gasteiger partial charge in [0.05, 0.1) is 12.2 Å². The zero-order valence-electron chi connectivity index (χ0n) is 11.8. The summed E-state index contributed by atoms with van der Waals surface area (Å²) in [5, 5.41) is 0. The van der Waals surface area contributed by atoms with Gasteiger partial charge in [-0.05, 0) is 25.1 Å². The molecule has 2 rings (SSSR count). The normalized spacial score (nSPS) is 10.3. The number of ketones is 1. The highest BCUT2D eigenvalue weighted by Gasteiger charge is 2.14. The Bertz CT molecular complexity index is 590. The molecule has 0 atom stereocenters. The van der Waals surface area contributed by atoms with E-state index in [4.69, 9.17) is 9.47 Å². The molecule has 0 saturated carbocycles. The molecule has 0 bridgehead atoms. The molecule has 2 aromatic rings. The molecular weight excluding hydrogens is 252 g/mol. The molecule has 2 aromatic carbocycles. The number of hydrogen-bond donors (Lipinski definition) is 0. The minimum atomic E-state index is -0.0262. The van der Waals surface area contributed by atoms with Gasteiger partial charge in [0.15, 0.2) is 5.78 Å². The van der Waals surface area contributed by atoms with Crippen LogP contribution >= 0.6 is 0 Å². The molecule has 0 radical (unpaired) electrons. The molecular formula is C17H18O3. The van der Waals surface area contributed by atoms with Crippen LogP contribution in [0.15, 0.2) is 48.5 Å². The number of carbonyl (C=O) groups excluding carboxylic acids is 1. The first kappa shape index (κ1) is 14.3. The van der Waals surface area contributed by atoms with Crippen molar-refractivity contribution >= 4 is 5.78 Å². The first-order valence-corrected chi connectivity index (χ1v) is 6.54. The van der Waals surface area contributed by atoms with Crippen molar-refractivity contribution in [1.82, 2.24) is 0 Å². The Hall–Kier alpha value is -2.13. The number of rotatable bonds is 6. The van der Waals surface area contributed by atoms with Crippen LogP contribution in [0.2, 0.25) is 0 Å². The summed E-state index contributed by atoms with van der Waals surface area (Å²) in [4.78, 5) is 12.5. The van der Waals surface area contributed by atoms with E-state index in [0.29, 0.717) is 30.1 Å². The molecule has 0 unspecified atom stereocenters. The third-order valence-electron chi connectivity index (χ3n) is 2.96. The van der Waals surface area contributed by atoms with Gasteiger partial charge in [-0.1, -0.05) is 35.9 Å². The number of ether oxygens (including phenoxy) is 2. The summed E-state index contributed by atoms with van der Waals surface area (Å²) >= 11 is 0. The van der Waals surface area contributed by atoms with Crippen molar-refractivity contribution in [3.63, 3.8) is 0 Å². The smallest absolute Gasteiger partial charge is 0.196 e. The molecule has 3 heteroatoms. The molecule has 3 nitrogen and oxygen atoms in total. The zero-order chi connectivity index (χ0) is 14.4. The second-order valence-electron chi connectivity index (χ2n) is 4.54. The highest BCUT2D eigenvalue weighted by molar-refractivity contribution is 6.10. The fourth-order valence-electron chi connectivity index (χ4n) is 1.96. The molecule has 104 valence electrons. The van der Waals surface area contributed by atoms with Crippen LogP contribution in [-0.4, -0.2) is 26.1 Å². The summed E-state index contributed by atoms with van der Waals surface area (Å²) in [7, 11) is 1.62. The van der Waals surface area contributed by atoms with E-state index in [9.17, 15) is 4.79 Å². The Morgan fingerprint density at radius 1 is 1.05 bits per heavy atom. The Morgan fingerprint density at radius 3 is 2.60 bits per heavy atom. The van der Waals surface area contributed by atoms with E-state index >= 15 is 0 Å². The quantitative estimate of drug-likeness (QED) is 0.597. The Labute approximate surface area is 119 Å². The number of methoxy groups -OCH3 is 1. The van der Waals surface area contributed by atoms with Crippen molar-refractivity contribution in [3.05, 3.63) is 65.2 Å². The van der Waals surface area contributed by atoms with Crippen molar-refractivity contribution in [1.29, 1.82) is 0 Å². The summed E-state index contributed by atoms with van der Waals surface area (Å²) in [5.74, 6) is 0.567. The monoisotopic (exact) mass is 270 g/mol. The standard InChI is InChI=1S/C17H18O3/c1-13-6-5-7-14(12-13)17(18)15-8-3-4-9-16(15)20-11-10-19-2/h3-9,12H,10-11H2,1-2H3. The van der Waals surface area contributed by atoms with E-state index < -0.39 is 0 Å². The van der Waals surface area contributed by atoms with E-state index in [0.717, 1.165) is 5.56 Å². The maximum absolute atomic E-state index is 12.5. The number of para-hydroxylation sites is 1. The Balaban J connectivity index is 2.25. The number of carbonyl (C=O) groups is 1. The van der Waals surface area contributed by atoms with Gasteiger partial charge in [0.25, 0.3) is 0 Å². The molecule has 0 fully saturated rings. The fourth-order valence-corrected chi connectivity index (χ4v) is 1.96. The average Bonchev–Trinajstić information content (AvgIpc) is 2.47. The van der Waals surface area contributed by atoms with Crippen molar-refractivity contribution in [2.45, 2.75) is 6.92 Å². The summed E-state index contributed by atoms with van der Waals surface area (Å²) in [6.45, 7) is 2.89. The van der Waals surface area contributed by atoms with Gasteiger partial charge in [-0.15, -0.1) is 0 Å². The van der Waals surface area contributed by atoms with Gasteiger partial charge in [0.2, 0.25) is 0 Å². The molecule has 0 spiro atoms. The van der Waals surface area contributed by atoms with Crippen LogP contribution in [-0.2, 0) is 4.74 Å². The lowest BCUT2D eigenvalue weighted by Gasteiger charge is -2.10. The first-order chi connectivity index (χ1) is 9.72. The van der Waals surface area contributed by atoms with Crippen LogP contribution in [0, 0.1) is 6.92 Å². The second kappa shape index (κ2) is 6.87.